The smallest absolute Gasteiger partial charge is 0.311 e. The highest BCUT2D eigenvalue weighted by Crippen LogP contribution is 2.37. The average molecular weight is 342 g/mol. The molecule has 5 nitrogen and oxygen atoms in total. The summed E-state index contributed by atoms with van der Waals surface area (Å²) in [6, 6.07) is 9.03. The van der Waals surface area contributed by atoms with Crippen molar-refractivity contribution in [1.82, 2.24) is 0 Å². The van der Waals surface area contributed by atoms with Gasteiger partial charge in [0.15, 0.2) is 0 Å². The number of carbonyl (C=O) groups excluding carboxylic acids is 2. The maximum Gasteiger partial charge on any atom is 0.311 e. The van der Waals surface area contributed by atoms with Crippen molar-refractivity contribution in [2.75, 3.05) is 11.1 Å². The molecule has 0 heterocycles. The number of esters is 1. The van der Waals surface area contributed by atoms with Crippen molar-refractivity contribution in [3.63, 3.8) is 0 Å². The minimum atomic E-state index is -0.295. The molecule has 0 aliphatic carbocycles. The normalized spacial score (nSPS) is 11.1. The van der Waals surface area contributed by atoms with Crippen LogP contribution in [0.1, 0.15) is 40.5 Å². The topological polar surface area (TPSA) is 81.4 Å². The van der Waals surface area contributed by atoms with Crippen LogP contribution < -0.4 is 15.8 Å². The molecule has 0 saturated carbocycles. The Bertz CT molecular complexity index is 782. The molecule has 2 aromatic carbocycles. The zero-order valence-electron chi connectivity index (χ0n) is 15.3. The highest BCUT2D eigenvalue weighted by molar-refractivity contribution is 6.09. The first-order valence-electron chi connectivity index (χ1n) is 8.59. The summed E-state index contributed by atoms with van der Waals surface area (Å²) in [7, 11) is 0. The number of nitrogen functional groups attached to an aromatic ring is 1. The number of ether oxygens (including phenoxy) is 1. The molecule has 134 valence electrons. The number of nitrogens with two attached hydrogens (primary N) is 1. The summed E-state index contributed by atoms with van der Waals surface area (Å²) in [5.41, 5.74) is 7.08. The SMILES string of the molecule is CC(C)CC(=O)Nc1c(N)cc(OC(=O)CC(C)C)c2ccccc12. The Hall–Kier alpha value is -2.56. The molecule has 1 amide bonds. The quantitative estimate of drug-likeness (QED) is 0.464. The van der Waals surface area contributed by atoms with Gasteiger partial charge >= 0.3 is 5.97 Å². The van der Waals surface area contributed by atoms with Crippen LogP contribution in [0.25, 0.3) is 10.8 Å². The lowest BCUT2D eigenvalue weighted by Crippen LogP contribution is -2.16. The van der Waals surface area contributed by atoms with E-state index in [1.165, 1.54) is 0 Å². The molecule has 2 aromatic rings. The summed E-state index contributed by atoms with van der Waals surface area (Å²) in [5.74, 6) is 0.502. The molecule has 0 unspecified atom stereocenters. The molecule has 0 aromatic heterocycles. The van der Waals surface area contributed by atoms with Gasteiger partial charge in [0, 0.05) is 29.7 Å². The third-order valence-electron chi connectivity index (χ3n) is 3.69. The lowest BCUT2D eigenvalue weighted by molar-refractivity contribution is -0.135. The van der Waals surface area contributed by atoms with Gasteiger partial charge in [-0.25, -0.2) is 0 Å². The van der Waals surface area contributed by atoms with Crippen LogP contribution >= 0.6 is 0 Å². The van der Waals surface area contributed by atoms with Crippen LogP contribution in [0.2, 0.25) is 0 Å². The number of hydrogen-bond donors (Lipinski definition) is 2. The van der Waals surface area contributed by atoms with Crippen LogP contribution in [0.5, 0.6) is 5.75 Å². The molecule has 0 radical (unpaired) electrons. The highest BCUT2D eigenvalue weighted by Gasteiger charge is 2.16. The molecule has 0 aliphatic heterocycles. The van der Waals surface area contributed by atoms with Gasteiger partial charge in [0.2, 0.25) is 5.91 Å². The summed E-state index contributed by atoms with van der Waals surface area (Å²) in [6.07, 6.45) is 0.750. The molecule has 3 N–H and O–H groups in total. The Labute approximate surface area is 148 Å². The summed E-state index contributed by atoms with van der Waals surface area (Å²) in [6.45, 7) is 7.89. The van der Waals surface area contributed by atoms with Crippen LogP contribution in [0.15, 0.2) is 30.3 Å². The fraction of sp³-hybridized carbons (Fsp3) is 0.400. The predicted octanol–water partition coefficient (Wildman–Crippen LogP) is 4.36. The van der Waals surface area contributed by atoms with Gasteiger partial charge in [-0.1, -0.05) is 52.0 Å². The van der Waals surface area contributed by atoms with Crippen molar-refractivity contribution in [1.29, 1.82) is 0 Å². The van der Waals surface area contributed by atoms with Gasteiger partial charge < -0.3 is 15.8 Å². The minimum absolute atomic E-state index is 0.0867. The lowest BCUT2D eigenvalue weighted by atomic mass is 10.0. The van der Waals surface area contributed by atoms with Crippen LogP contribution in [0.4, 0.5) is 11.4 Å². The number of benzene rings is 2. The number of rotatable bonds is 6. The Morgan fingerprint density at radius 1 is 1.04 bits per heavy atom. The Morgan fingerprint density at radius 2 is 1.64 bits per heavy atom. The number of carbonyl (C=O) groups is 2. The second kappa shape index (κ2) is 8.01. The van der Waals surface area contributed by atoms with Gasteiger partial charge in [0.25, 0.3) is 0 Å². The van der Waals surface area contributed by atoms with E-state index in [0.717, 1.165) is 10.8 Å². The third-order valence-corrected chi connectivity index (χ3v) is 3.69. The van der Waals surface area contributed by atoms with Crippen LogP contribution in [0, 0.1) is 11.8 Å². The maximum atomic E-state index is 12.2. The molecular formula is C20H26N2O3. The van der Waals surface area contributed by atoms with E-state index in [0.29, 0.717) is 30.0 Å². The van der Waals surface area contributed by atoms with Gasteiger partial charge in [0.1, 0.15) is 5.75 Å². The Kier molecular flexibility index (Phi) is 6.02. The molecule has 0 aliphatic rings. The standard InChI is InChI=1S/C20H26N2O3/c1-12(2)9-18(23)22-20-15-8-6-5-7-14(15)17(11-16(20)21)25-19(24)10-13(3)4/h5-8,11-13H,9-10,21H2,1-4H3,(H,22,23). The van der Waals surface area contributed by atoms with E-state index < -0.39 is 0 Å². The number of amides is 1. The largest absolute Gasteiger partial charge is 0.426 e. The number of hydrogen-bond acceptors (Lipinski definition) is 4. The van der Waals surface area contributed by atoms with E-state index in [1.54, 1.807) is 6.07 Å². The summed E-state index contributed by atoms with van der Waals surface area (Å²) >= 11 is 0. The van der Waals surface area contributed by atoms with Crippen molar-refractivity contribution in [3.8, 4) is 5.75 Å². The van der Waals surface area contributed by atoms with Gasteiger partial charge in [-0.15, -0.1) is 0 Å². The second-order valence-electron chi connectivity index (χ2n) is 7.10. The van der Waals surface area contributed by atoms with Crippen molar-refractivity contribution < 1.29 is 14.3 Å². The Morgan fingerprint density at radius 3 is 2.24 bits per heavy atom. The monoisotopic (exact) mass is 342 g/mol. The average Bonchev–Trinajstić information content (AvgIpc) is 2.49. The first kappa shape index (κ1) is 18.8. The molecule has 0 spiro atoms. The first-order valence-corrected chi connectivity index (χ1v) is 8.59. The molecule has 0 saturated heterocycles. The maximum absolute atomic E-state index is 12.2. The molecule has 5 heteroatoms. The molecule has 0 atom stereocenters. The summed E-state index contributed by atoms with van der Waals surface area (Å²) < 4.78 is 5.51. The lowest BCUT2D eigenvalue weighted by Gasteiger charge is -2.16. The van der Waals surface area contributed by atoms with Gasteiger partial charge in [0.05, 0.1) is 11.4 Å². The van der Waals surface area contributed by atoms with E-state index in [2.05, 4.69) is 5.32 Å². The zero-order chi connectivity index (χ0) is 18.6. The summed E-state index contributed by atoms with van der Waals surface area (Å²) in [5, 5.41) is 4.39. The second-order valence-corrected chi connectivity index (χ2v) is 7.10. The molecular weight excluding hydrogens is 316 g/mol. The van der Waals surface area contributed by atoms with E-state index in [9.17, 15) is 9.59 Å². The molecule has 0 bridgehead atoms. The van der Waals surface area contributed by atoms with Gasteiger partial charge in [-0.2, -0.15) is 0 Å². The highest BCUT2D eigenvalue weighted by atomic mass is 16.5. The molecule has 2 rings (SSSR count). The molecule has 0 fully saturated rings. The fourth-order valence-corrected chi connectivity index (χ4v) is 2.65. The van der Waals surface area contributed by atoms with Crippen LogP contribution in [-0.4, -0.2) is 11.9 Å². The fourth-order valence-electron chi connectivity index (χ4n) is 2.65. The van der Waals surface area contributed by atoms with E-state index in [-0.39, 0.29) is 23.7 Å². The van der Waals surface area contributed by atoms with E-state index in [1.807, 2.05) is 52.0 Å². The molecule has 25 heavy (non-hydrogen) atoms. The Balaban J connectivity index is 2.40. The first-order chi connectivity index (χ1) is 11.8. The van der Waals surface area contributed by atoms with E-state index in [4.69, 9.17) is 10.5 Å². The van der Waals surface area contributed by atoms with Crippen molar-refractivity contribution in [3.05, 3.63) is 30.3 Å². The van der Waals surface area contributed by atoms with Crippen LogP contribution in [-0.2, 0) is 9.59 Å². The van der Waals surface area contributed by atoms with Gasteiger partial charge in [-0.3, -0.25) is 9.59 Å². The zero-order valence-corrected chi connectivity index (χ0v) is 15.3. The van der Waals surface area contributed by atoms with Crippen molar-refractivity contribution in [2.24, 2.45) is 11.8 Å². The van der Waals surface area contributed by atoms with Gasteiger partial charge in [-0.05, 0) is 11.8 Å². The van der Waals surface area contributed by atoms with Crippen molar-refractivity contribution >= 4 is 34.0 Å². The number of nitrogens with one attached hydrogen (secondary N) is 1. The summed E-state index contributed by atoms with van der Waals surface area (Å²) in [4.78, 5) is 24.2. The predicted molar refractivity (Wildman–Crippen MR) is 102 cm³/mol. The van der Waals surface area contributed by atoms with E-state index >= 15 is 0 Å². The third kappa shape index (κ3) is 4.95. The van der Waals surface area contributed by atoms with Crippen molar-refractivity contribution in [2.45, 2.75) is 40.5 Å². The number of fused-ring (bicyclic) bond motifs is 1. The van der Waals surface area contributed by atoms with Crippen LogP contribution in [0.3, 0.4) is 0 Å². The number of anilines is 2. The minimum Gasteiger partial charge on any atom is -0.426 e.